The molecule has 1 aliphatic heterocycles. The highest BCUT2D eigenvalue weighted by Crippen LogP contribution is 2.28. The van der Waals surface area contributed by atoms with Crippen LogP contribution in [0.2, 0.25) is 0 Å². The van der Waals surface area contributed by atoms with Gasteiger partial charge in [-0.25, -0.2) is 9.97 Å². The number of aryl methyl sites for hydroxylation is 1. The summed E-state index contributed by atoms with van der Waals surface area (Å²) in [5.74, 6) is 2.96. The van der Waals surface area contributed by atoms with E-state index in [0.717, 1.165) is 23.6 Å². The topological polar surface area (TPSA) is 73.1 Å². The number of nitrogens with one attached hydrogen (secondary N) is 1. The Morgan fingerprint density at radius 2 is 2.10 bits per heavy atom. The van der Waals surface area contributed by atoms with Crippen molar-refractivity contribution < 1.29 is 4.74 Å². The highest BCUT2D eigenvalue weighted by Gasteiger charge is 2.22. The second-order valence-corrected chi connectivity index (χ2v) is 5.06. The van der Waals surface area contributed by atoms with E-state index in [4.69, 9.17) is 10.5 Å². The van der Waals surface area contributed by atoms with E-state index in [1.165, 1.54) is 5.56 Å². The van der Waals surface area contributed by atoms with E-state index < -0.39 is 0 Å². The van der Waals surface area contributed by atoms with Crippen molar-refractivity contribution in [2.45, 2.75) is 26.4 Å². The molecule has 3 rings (SSSR count). The van der Waals surface area contributed by atoms with Gasteiger partial charge >= 0.3 is 0 Å². The van der Waals surface area contributed by atoms with Gasteiger partial charge in [-0.1, -0.05) is 18.2 Å². The Bertz CT molecular complexity index is 617. The van der Waals surface area contributed by atoms with Crippen LogP contribution >= 0.6 is 0 Å². The van der Waals surface area contributed by atoms with Crippen molar-refractivity contribution in [1.29, 1.82) is 0 Å². The van der Waals surface area contributed by atoms with Gasteiger partial charge in [0, 0.05) is 12.0 Å². The zero-order chi connectivity index (χ0) is 14.1. The Hall–Kier alpha value is -2.30. The Morgan fingerprint density at radius 3 is 2.90 bits per heavy atom. The third-order valence-electron chi connectivity index (χ3n) is 3.51. The number of benzene rings is 1. The van der Waals surface area contributed by atoms with E-state index in [2.05, 4.69) is 21.4 Å². The lowest BCUT2D eigenvalue weighted by Crippen LogP contribution is -2.25. The first kappa shape index (κ1) is 12.7. The molecule has 104 valence electrons. The summed E-state index contributed by atoms with van der Waals surface area (Å²) in [5, 5.41) is 3.32. The molecule has 5 nitrogen and oxygen atoms in total. The van der Waals surface area contributed by atoms with Gasteiger partial charge in [-0.2, -0.15) is 0 Å². The maximum absolute atomic E-state index is 5.89. The fraction of sp³-hybridized carbons (Fsp3) is 0.333. The van der Waals surface area contributed by atoms with E-state index >= 15 is 0 Å². The molecule has 1 unspecified atom stereocenters. The molecule has 20 heavy (non-hydrogen) atoms. The first-order chi connectivity index (χ1) is 9.63. The minimum Gasteiger partial charge on any atom is -0.488 e. The summed E-state index contributed by atoms with van der Waals surface area (Å²) in [7, 11) is 0. The number of fused-ring (bicyclic) bond motifs is 1. The molecular weight excluding hydrogens is 252 g/mol. The van der Waals surface area contributed by atoms with Gasteiger partial charge in [-0.05, 0) is 25.5 Å². The number of nitrogen functional groups attached to an aromatic ring is 1. The molecule has 0 radical (unpaired) electrons. The first-order valence-corrected chi connectivity index (χ1v) is 6.72. The number of hydrogen-bond acceptors (Lipinski definition) is 5. The van der Waals surface area contributed by atoms with E-state index in [0.29, 0.717) is 18.2 Å². The fourth-order valence-electron chi connectivity index (χ4n) is 2.40. The van der Waals surface area contributed by atoms with Crippen LogP contribution < -0.4 is 15.8 Å². The monoisotopic (exact) mass is 270 g/mol. The molecule has 3 N–H and O–H groups in total. The summed E-state index contributed by atoms with van der Waals surface area (Å²) in [6.45, 7) is 4.45. The Balaban J connectivity index is 1.67. The van der Waals surface area contributed by atoms with Crippen LogP contribution in [0.5, 0.6) is 5.75 Å². The summed E-state index contributed by atoms with van der Waals surface area (Å²) < 4.78 is 5.89. The second-order valence-electron chi connectivity index (χ2n) is 5.06. The van der Waals surface area contributed by atoms with Crippen molar-refractivity contribution >= 4 is 11.6 Å². The van der Waals surface area contributed by atoms with Gasteiger partial charge in [-0.15, -0.1) is 0 Å². The second kappa shape index (κ2) is 5.00. The number of nitrogens with zero attached hydrogens (tertiary/aromatic N) is 2. The number of aromatic nitrogens is 2. The van der Waals surface area contributed by atoms with Crippen LogP contribution in [0.15, 0.2) is 24.3 Å². The SMILES string of the molecule is Cc1nc(N)c(C)c(NCC2Cc3ccccc3O2)n1. The van der Waals surface area contributed by atoms with Crippen molar-refractivity contribution in [3.05, 3.63) is 41.2 Å². The molecule has 0 amide bonds. The number of ether oxygens (including phenoxy) is 1. The highest BCUT2D eigenvalue weighted by atomic mass is 16.5. The van der Waals surface area contributed by atoms with Gasteiger partial charge in [0.25, 0.3) is 0 Å². The maximum atomic E-state index is 5.89. The van der Waals surface area contributed by atoms with Crippen LogP contribution in [0, 0.1) is 13.8 Å². The van der Waals surface area contributed by atoms with Crippen LogP contribution in [0.1, 0.15) is 17.0 Å². The average molecular weight is 270 g/mol. The maximum Gasteiger partial charge on any atom is 0.134 e. The fourth-order valence-corrected chi connectivity index (χ4v) is 2.40. The highest BCUT2D eigenvalue weighted by molar-refractivity contribution is 5.54. The van der Waals surface area contributed by atoms with Gasteiger partial charge in [0.15, 0.2) is 0 Å². The number of para-hydroxylation sites is 1. The third kappa shape index (κ3) is 2.39. The summed E-state index contributed by atoms with van der Waals surface area (Å²) in [6, 6.07) is 8.14. The van der Waals surface area contributed by atoms with Crippen molar-refractivity contribution in [3.63, 3.8) is 0 Å². The third-order valence-corrected chi connectivity index (χ3v) is 3.51. The van der Waals surface area contributed by atoms with Crippen LogP contribution in [-0.2, 0) is 6.42 Å². The van der Waals surface area contributed by atoms with Gasteiger partial charge in [-0.3, -0.25) is 0 Å². The van der Waals surface area contributed by atoms with E-state index in [-0.39, 0.29) is 6.10 Å². The van der Waals surface area contributed by atoms with Crippen LogP contribution in [0.3, 0.4) is 0 Å². The molecule has 1 aromatic heterocycles. The molecule has 1 aromatic carbocycles. The number of anilines is 2. The standard InChI is InChI=1S/C15H18N4O/c1-9-14(16)18-10(2)19-15(9)17-8-12-7-11-5-3-4-6-13(11)20-12/h3-6,12H,7-8H2,1-2H3,(H3,16,17,18,19). The van der Waals surface area contributed by atoms with Gasteiger partial charge in [0.05, 0.1) is 6.54 Å². The van der Waals surface area contributed by atoms with E-state index in [1.807, 2.05) is 32.0 Å². The zero-order valence-corrected chi connectivity index (χ0v) is 11.7. The average Bonchev–Trinajstić information content (AvgIpc) is 2.84. The molecule has 2 aromatic rings. The lowest BCUT2D eigenvalue weighted by atomic mass is 10.1. The summed E-state index contributed by atoms with van der Waals surface area (Å²) in [4.78, 5) is 8.53. The quantitative estimate of drug-likeness (QED) is 0.893. The molecule has 0 spiro atoms. The molecular formula is C15H18N4O. The number of rotatable bonds is 3. The molecule has 0 bridgehead atoms. The van der Waals surface area contributed by atoms with E-state index in [1.54, 1.807) is 0 Å². The molecule has 0 saturated carbocycles. The molecule has 0 fully saturated rings. The predicted octanol–water partition coefficient (Wildman–Crippen LogP) is 2.09. The van der Waals surface area contributed by atoms with Crippen molar-refractivity contribution in [2.24, 2.45) is 0 Å². The predicted molar refractivity (Wildman–Crippen MR) is 79.0 cm³/mol. The Morgan fingerprint density at radius 1 is 1.30 bits per heavy atom. The van der Waals surface area contributed by atoms with Crippen LogP contribution in [0.25, 0.3) is 0 Å². The molecule has 0 aliphatic carbocycles. The van der Waals surface area contributed by atoms with E-state index in [9.17, 15) is 0 Å². The molecule has 1 atom stereocenters. The largest absolute Gasteiger partial charge is 0.488 e. The molecule has 2 heterocycles. The van der Waals surface area contributed by atoms with Crippen molar-refractivity contribution in [1.82, 2.24) is 9.97 Å². The summed E-state index contributed by atoms with van der Waals surface area (Å²) in [6.07, 6.45) is 1.05. The van der Waals surface area contributed by atoms with Crippen molar-refractivity contribution in [2.75, 3.05) is 17.6 Å². The van der Waals surface area contributed by atoms with Gasteiger partial charge in [0.1, 0.15) is 29.3 Å². The molecule has 0 saturated heterocycles. The molecule has 5 heteroatoms. The minimum atomic E-state index is 0.128. The zero-order valence-electron chi connectivity index (χ0n) is 11.7. The van der Waals surface area contributed by atoms with Crippen LogP contribution in [0.4, 0.5) is 11.6 Å². The van der Waals surface area contributed by atoms with Crippen LogP contribution in [-0.4, -0.2) is 22.6 Å². The lowest BCUT2D eigenvalue weighted by molar-refractivity contribution is 0.246. The minimum absolute atomic E-state index is 0.128. The first-order valence-electron chi connectivity index (χ1n) is 6.72. The normalized spacial score (nSPS) is 16.6. The number of hydrogen-bond donors (Lipinski definition) is 2. The Kier molecular flexibility index (Phi) is 3.18. The number of nitrogens with two attached hydrogens (primary N) is 1. The lowest BCUT2D eigenvalue weighted by Gasteiger charge is -2.14. The van der Waals surface area contributed by atoms with Gasteiger partial charge in [0.2, 0.25) is 0 Å². The Labute approximate surface area is 118 Å². The van der Waals surface area contributed by atoms with Crippen molar-refractivity contribution in [3.8, 4) is 5.75 Å². The summed E-state index contributed by atoms with van der Waals surface area (Å²) in [5.41, 5.74) is 7.99. The molecule has 1 aliphatic rings. The summed E-state index contributed by atoms with van der Waals surface area (Å²) >= 11 is 0. The smallest absolute Gasteiger partial charge is 0.134 e. The van der Waals surface area contributed by atoms with Gasteiger partial charge < -0.3 is 15.8 Å².